The van der Waals surface area contributed by atoms with E-state index in [2.05, 4.69) is 26.7 Å². The molecule has 0 unspecified atom stereocenters. The average molecular weight is 304 g/mol. The quantitative estimate of drug-likeness (QED) is 0.663. The number of nitrogens with zero attached hydrogens (tertiary/aromatic N) is 4. The van der Waals surface area contributed by atoms with Gasteiger partial charge >= 0.3 is 0 Å². The summed E-state index contributed by atoms with van der Waals surface area (Å²) >= 11 is 0. The van der Waals surface area contributed by atoms with E-state index in [1.54, 1.807) is 13.4 Å². The minimum atomic E-state index is 0.677. The van der Waals surface area contributed by atoms with E-state index in [0.29, 0.717) is 6.61 Å². The Bertz CT molecular complexity index is 571. The standard InChI is InChI=1S/C16H24N4O2/c1-14-18-17-13-20(14)11-10-19(2)9-6-12-22-16-8-5-4-7-15(16)21-3/h4-5,7-8,13H,6,9-12H2,1-3H3. The van der Waals surface area contributed by atoms with E-state index in [-0.39, 0.29) is 0 Å². The van der Waals surface area contributed by atoms with Crippen LogP contribution in [0.4, 0.5) is 0 Å². The molecule has 0 amide bonds. The van der Waals surface area contributed by atoms with Crippen molar-refractivity contribution in [1.29, 1.82) is 0 Å². The van der Waals surface area contributed by atoms with Crippen LogP contribution >= 0.6 is 0 Å². The van der Waals surface area contributed by atoms with Crippen molar-refractivity contribution in [2.75, 3.05) is 33.9 Å². The van der Waals surface area contributed by atoms with Crippen LogP contribution in [0.2, 0.25) is 0 Å². The summed E-state index contributed by atoms with van der Waals surface area (Å²) in [6.07, 6.45) is 2.74. The molecular formula is C16H24N4O2. The Morgan fingerprint density at radius 1 is 1.18 bits per heavy atom. The summed E-state index contributed by atoms with van der Waals surface area (Å²) in [5, 5.41) is 7.87. The lowest BCUT2D eigenvalue weighted by Crippen LogP contribution is -2.25. The van der Waals surface area contributed by atoms with E-state index in [0.717, 1.165) is 43.4 Å². The molecule has 6 heteroatoms. The molecule has 0 saturated heterocycles. The van der Waals surface area contributed by atoms with Crippen LogP contribution in [0.15, 0.2) is 30.6 Å². The molecule has 1 heterocycles. The second kappa shape index (κ2) is 8.38. The summed E-state index contributed by atoms with van der Waals surface area (Å²) in [6.45, 7) is 5.50. The van der Waals surface area contributed by atoms with E-state index < -0.39 is 0 Å². The fourth-order valence-electron chi connectivity index (χ4n) is 2.18. The van der Waals surface area contributed by atoms with Crippen molar-refractivity contribution in [3.63, 3.8) is 0 Å². The van der Waals surface area contributed by atoms with Gasteiger partial charge in [-0.2, -0.15) is 0 Å². The molecular weight excluding hydrogens is 280 g/mol. The summed E-state index contributed by atoms with van der Waals surface area (Å²) in [4.78, 5) is 2.28. The predicted octanol–water partition coefficient (Wildman–Crippen LogP) is 2.00. The van der Waals surface area contributed by atoms with Crippen molar-refractivity contribution in [2.24, 2.45) is 0 Å². The second-order valence-corrected chi connectivity index (χ2v) is 5.23. The van der Waals surface area contributed by atoms with Crippen molar-refractivity contribution in [3.05, 3.63) is 36.4 Å². The van der Waals surface area contributed by atoms with Gasteiger partial charge in [0.25, 0.3) is 0 Å². The zero-order chi connectivity index (χ0) is 15.8. The van der Waals surface area contributed by atoms with E-state index in [1.807, 2.05) is 31.2 Å². The molecule has 0 bridgehead atoms. The highest BCUT2D eigenvalue weighted by molar-refractivity contribution is 5.39. The Balaban J connectivity index is 1.65. The molecule has 22 heavy (non-hydrogen) atoms. The van der Waals surface area contributed by atoms with E-state index in [1.165, 1.54) is 0 Å². The molecule has 2 aromatic rings. The maximum absolute atomic E-state index is 5.77. The molecule has 2 rings (SSSR count). The van der Waals surface area contributed by atoms with Gasteiger partial charge in [-0.25, -0.2) is 0 Å². The number of para-hydroxylation sites is 2. The first-order valence-electron chi connectivity index (χ1n) is 7.49. The minimum Gasteiger partial charge on any atom is -0.493 e. The van der Waals surface area contributed by atoms with Gasteiger partial charge in [0, 0.05) is 19.6 Å². The molecule has 0 N–H and O–H groups in total. The summed E-state index contributed by atoms with van der Waals surface area (Å²) in [6, 6.07) is 7.72. The lowest BCUT2D eigenvalue weighted by molar-refractivity contribution is 0.249. The number of aromatic nitrogens is 3. The van der Waals surface area contributed by atoms with Crippen LogP contribution in [0.25, 0.3) is 0 Å². The topological polar surface area (TPSA) is 52.4 Å². The van der Waals surface area contributed by atoms with Gasteiger partial charge in [0.2, 0.25) is 0 Å². The molecule has 120 valence electrons. The first-order chi connectivity index (χ1) is 10.7. The summed E-state index contributed by atoms with van der Waals surface area (Å²) in [7, 11) is 3.77. The Morgan fingerprint density at radius 3 is 2.64 bits per heavy atom. The highest BCUT2D eigenvalue weighted by Gasteiger charge is 2.04. The molecule has 0 aliphatic rings. The van der Waals surface area contributed by atoms with E-state index >= 15 is 0 Å². The van der Waals surface area contributed by atoms with Gasteiger partial charge in [-0.1, -0.05) is 12.1 Å². The Kier molecular flexibility index (Phi) is 6.21. The number of ether oxygens (including phenoxy) is 2. The van der Waals surface area contributed by atoms with Crippen molar-refractivity contribution in [1.82, 2.24) is 19.7 Å². The summed E-state index contributed by atoms with van der Waals surface area (Å²) in [5.41, 5.74) is 0. The van der Waals surface area contributed by atoms with Crippen LogP contribution in [0.3, 0.4) is 0 Å². The number of hydrogen-bond donors (Lipinski definition) is 0. The molecule has 0 aliphatic heterocycles. The lowest BCUT2D eigenvalue weighted by atomic mass is 10.3. The Labute approximate surface area is 131 Å². The van der Waals surface area contributed by atoms with Crippen molar-refractivity contribution in [2.45, 2.75) is 19.9 Å². The van der Waals surface area contributed by atoms with Crippen molar-refractivity contribution >= 4 is 0 Å². The van der Waals surface area contributed by atoms with Gasteiger partial charge in [-0.05, 0) is 32.5 Å². The molecule has 0 spiro atoms. The van der Waals surface area contributed by atoms with Gasteiger partial charge in [0.15, 0.2) is 11.5 Å². The highest BCUT2D eigenvalue weighted by Crippen LogP contribution is 2.25. The normalized spacial score (nSPS) is 10.9. The zero-order valence-corrected chi connectivity index (χ0v) is 13.5. The molecule has 0 atom stereocenters. The molecule has 0 fully saturated rings. The van der Waals surface area contributed by atoms with Crippen LogP contribution in [-0.4, -0.2) is 53.5 Å². The zero-order valence-electron chi connectivity index (χ0n) is 13.5. The molecule has 6 nitrogen and oxygen atoms in total. The number of rotatable bonds is 9. The second-order valence-electron chi connectivity index (χ2n) is 5.23. The number of aryl methyl sites for hydroxylation is 1. The van der Waals surface area contributed by atoms with E-state index in [9.17, 15) is 0 Å². The van der Waals surface area contributed by atoms with Crippen LogP contribution in [0, 0.1) is 6.92 Å². The largest absolute Gasteiger partial charge is 0.493 e. The van der Waals surface area contributed by atoms with Crippen molar-refractivity contribution in [3.8, 4) is 11.5 Å². The van der Waals surface area contributed by atoms with Crippen molar-refractivity contribution < 1.29 is 9.47 Å². The molecule has 1 aromatic heterocycles. The number of likely N-dealkylation sites (N-methyl/N-ethyl adjacent to an activating group) is 1. The lowest BCUT2D eigenvalue weighted by Gasteiger charge is -2.17. The monoisotopic (exact) mass is 304 g/mol. The maximum Gasteiger partial charge on any atom is 0.161 e. The summed E-state index contributed by atoms with van der Waals surface area (Å²) < 4.78 is 13.1. The van der Waals surface area contributed by atoms with Gasteiger partial charge in [-0.15, -0.1) is 10.2 Å². The Hall–Kier alpha value is -2.08. The van der Waals surface area contributed by atoms with Crippen LogP contribution in [-0.2, 0) is 6.54 Å². The van der Waals surface area contributed by atoms with Crippen LogP contribution in [0.5, 0.6) is 11.5 Å². The average Bonchev–Trinajstić information content (AvgIpc) is 2.95. The third-order valence-electron chi connectivity index (χ3n) is 3.54. The third-order valence-corrected chi connectivity index (χ3v) is 3.54. The molecule has 0 saturated carbocycles. The first-order valence-corrected chi connectivity index (χ1v) is 7.49. The van der Waals surface area contributed by atoms with Crippen LogP contribution in [0.1, 0.15) is 12.2 Å². The SMILES string of the molecule is COc1ccccc1OCCCN(C)CCn1cnnc1C. The summed E-state index contributed by atoms with van der Waals surface area (Å²) in [5.74, 6) is 2.53. The van der Waals surface area contributed by atoms with Gasteiger partial charge < -0.3 is 18.9 Å². The molecule has 0 aliphatic carbocycles. The highest BCUT2D eigenvalue weighted by atomic mass is 16.5. The first kappa shape index (κ1) is 16.3. The number of methoxy groups -OCH3 is 1. The molecule has 1 aromatic carbocycles. The Morgan fingerprint density at radius 2 is 1.95 bits per heavy atom. The predicted molar refractivity (Wildman–Crippen MR) is 85.4 cm³/mol. The number of hydrogen-bond acceptors (Lipinski definition) is 5. The fraction of sp³-hybridized carbons (Fsp3) is 0.500. The smallest absolute Gasteiger partial charge is 0.161 e. The third kappa shape index (κ3) is 4.73. The van der Waals surface area contributed by atoms with E-state index in [4.69, 9.17) is 9.47 Å². The maximum atomic E-state index is 5.77. The van der Waals surface area contributed by atoms with Gasteiger partial charge in [-0.3, -0.25) is 0 Å². The fourth-order valence-corrected chi connectivity index (χ4v) is 2.18. The minimum absolute atomic E-state index is 0.677. The van der Waals surface area contributed by atoms with Gasteiger partial charge in [0.1, 0.15) is 12.2 Å². The van der Waals surface area contributed by atoms with Crippen LogP contribution < -0.4 is 9.47 Å². The molecule has 0 radical (unpaired) electrons. The number of benzene rings is 1. The van der Waals surface area contributed by atoms with Gasteiger partial charge in [0.05, 0.1) is 13.7 Å².